The quantitative estimate of drug-likeness (QED) is 0.491. The van der Waals surface area contributed by atoms with E-state index >= 15 is 0 Å². The van der Waals surface area contributed by atoms with Gasteiger partial charge in [0.2, 0.25) is 11.9 Å². The lowest BCUT2D eigenvalue weighted by molar-refractivity contribution is 0.277. The summed E-state index contributed by atoms with van der Waals surface area (Å²) in [6.07, 6.45) is 2.57. The van der Waals surface area contributed by atoms with E-state index in [1.165, 1.54) is 0 Å². The van der Waals surface area contributed by atoms with Gasteiger partial charge >= 0.3 is 0 Å². The van der Waals surface area contributed by atoms with E-state index in [1.54, 1.807) is 6.08 Å². The van der Waals surface area contributed by atoms with E-state index in [9.17, 15) is 5.26 Å². The van der Waals surface area contributed by atoms with Gasteiger partial charge in [-0.15, -0.1) is 0 Å². The second-order valence-corrected chi connectivity index (χ2v) is 6.49. The third-order valence-electron chi connectivity index (χ3n) is 4.08. The number of benzene rings is 2. The Bertz CT molecular complexity index is 1090. The highest BCUT2D eigenvalue weighted by atomic mass is 16.5. The van der Waals surface area contributed by atoms with Crippen molar-refractivity contribution in [2.24, 2.45) is 0 Å². The van der Waals surface area contributed by atoms with Crippen molar-refractivity contribution in [3.8, 4) is 17.6 Å². The van der Waals surface area contributed by atoms with Crippen molar-refractivity contribution in [1.29, 1.82) is 5.26 Å². The molecule has 0 saturated carbocycles. The van der Waals surface area contributed by atoms with Crippen molar-refractivity contribution in [3.63, 3.8) is 0 Å². The maximum Gasteiger partial charge on any atom is 0.232 e. The number of allylic oxidation sites excluding steroid dienone is 1. The molecule has 0 fully saturated rings. The predicted molar refractivity (Wildman–Crippen MR) is 121 cm³/mol. The molecule has 158 valence electrons. The van der Waals surface area contributed by atoms with Gasteiger partial charge in [-0.2, -0.15) is 20.2 Å². The number of aromatic nitrogens is 3. The number of nitrogens with two attached hydrogens (primary N) is 1. The molecule has 3 rings (SSSR count). The Kier molecular flexibility index (Phi) is 7.38. The molecule has 3 aromatic rings. The van der Waals surface area contributed by atoms with Crippen molar-refractivity contribution in [1.82, 2.24) is 15.0 Å². The molecule has 8 nitrogen and oxygen atoms in total. The van der Waals surface area contributed by atoms with Crippen LogP contribution >= 0.6 is 0 Å². The van der Waals surface area contributed by atoms with Gasteiger partial charge in [0.1, 0.15) is 6.07 Å². The van der Waals surface area contributed by atoms with Crippen LogP contribution < -0.4 is 20.5 Å². The molecule has 1 aromatic heterocycles. The second kappa shape index (κ2) is 10.6. The maximum atomic E-state index is 9.72. The number of ether oxygens (including phenoxy) is 2. The third kappa shape index (κ3) is 5.93. The van der Waals surface area contributed by atoms with Crippen LogP contribution in [0.5, 0.6) is 11.5 Å². The molecular formula is C23H24N6O2. The zero-order chi connectivity index (χ0) is 22.1. The first-order valence-corrected chi connectivity index (χ1v) is 9.98. The number of nitrogens with one attached hydrogen (secondary N) is 1. The average Bonchev–Trinajstić information content (AvgIpc) is 2.77. The topological polar surface area (TPSA) is 119 Å². The van der Waals surface area contributed by atoms with Gasteiger partial charge in [-0.25, -0.2) is 0 Å². The minimum Gasteiger partial charge on any atom is -0.490 e. The van der Waals surface area contributed by atoms with Crippen LogP contribution in [-0.4, -0.2) is 28.2 Å². The van der Waals surface area contributed by atoms with Crippen molar-refractivity contribution >= 4 is 29.2 Å². The normalized spacial score (nSPS) is 10.9. The fourth-order valence-electron chi connectivity index (χ4n) is 2.75. The largest absolute Gasteiger partial charge is 0.490 e. The van der Waals surface area contributed by atoms with Crippen LogP contribution in [0.15, 0.2) is 48.5 Å². The number of para-hydroxylation sites is 1. The number of hydrogen-bond donors (Lipinski definition) is 2. The number of hydrogen-bond acceptors (Lipinski definition) is 8. The second-order valence-electron chi connectivity index (χ2n) is 6.49. The molecular weight excluding hydrogens is 392 g/mol. The van der Waals surface area contributed by atoms with Crippen LogP contribution in [-0.2, 0) is 0 Å². The molecule has 8 heteroatoms. The average molecular weight is 416 g/mol. The maximum absolute atomic E-state index is 9.72. The standard InChI is InChI=1S/C23H24N6O2/c1-3-12-31-19-11-10-16(14-20(19)30-4-2)13-17(15-24)21-27-22(25)29-23(28-21)26-18-8-6-5-7-9-18/h5-11,13-14H,3-4,12H2,1-2H3,(H3,25,26,27,28,29)/b17-13+. The number of nitrogen functional groups attached to an aromatic ring is 1. The van der Waals surface area contributed by atoms with Gasteiger partial charge in [0.15, 0.2) is 17.3 Å². The molecule has 0 spiro atoms. The molecule has 0 atom stereocenters. The van der Waals surface area contributed by atoms with Crippen molar-refractivity contribution in [2.75, 3.05) is 24.3 Å². The lowest BCUT2D eigenvalue weighted by Crippen LogP contribution is -2.06. The highest BCUT2D eigenvalue weighted by Gasteiger charge is 2.12. The molecule has 0 saturated heterocycles. The predicted octanol–water partition coefficient (Wildman–Crippen LogP) is 4.45. The Labute approximate surface area is 181 Å². The van der Waals surface area contributed by atoms with Crippen LogP contribution in [0.4, 0.5) is 17.6 Å². The lowest BCUT2D eigenvalue weighted by atomic mass is 10.1. The van der Waals surface area contributed by atoms with Crippen LogP contribution in [0.3, 0.4) is 0 Å². The lowest BCUT2D eigenvalue weighted by Gasteiger charge is -2.12. The molecule has 0 aliphatic rings. The SMILES string of the molecule is CCCOc1ccc(/C=C(\C#N)c2nc(N)nc(Nc3ccccc3)n2)cc1OCC. The van der Waals surface area contributed by atoms with Gasteiger partial charge in [-0.1, -0.05) is 31.2 Å². The summed E-state index contributed by atoms with van der Waals surface area (Å²) in [4.78, 5) is 12.6. The Hall–Kier alpha value is -4.12. The number of nitrogens with zero attached hydrogens (tertiary/aromatic N) is 4. The number of nitriles is 1. The summed E-state index contributed by atoms with van der Waals surface area (Å²) in [6, 6.07) is 17.1. The highest BCUT2D eigenvalue weighted by molar-refractivity contribution is 5.87. The summed E-state index contributed by atoms with van der Waals surface area (Å²) in [5.74, 6) is 1.73. The monoisotopic (exact) mass is 416 g/mol. The Balaban J connectivity index is 1.92. The van der Waals surface area contributed by atoms with Crippen LogP contribution in [0.1, 0.15) is 31.7 Å². The van der Waals surface area contributed by atoms with Crippen molar-refractivity contribution in [2.45, 2.75) is 20.3 Å². The van der Waals surface area contributed by atoms with Gasteiger partial charge in [0, 0.05) is 5.69 Å². The highest BCUT2D eigenvalue weighted by Crippen LogP contribution is 2.30. The van der Waals surface area contributed by atoms with Crippen molar-refractivity contribution < 1.29 is 9.47 Å². The third-order valence-corrected chi connectivity index (χ3v) is 4.08. The molecule has 0 amide bonds. The summed E-state index contributed by atoms with van der Waals surface area (Å²) in [7, 11) is 0. The van der Waals surface area contributed by atoms with Crippen LogP contribution in [0.2, 0.25) is 0 Å². The fourth-order valence-corrected chi connectivity index (χ4v) is 2.75. The van der Waals surface area contributed by atoms with E-state index in [-0.39, 0.29) is 23.3 Å². The van der Waals surface area contributed by atoms with Crippen LogP contribution in [0, 0.1) is 11.3 Å². The van der Waals surface area contributed by atoms with E-state index < -0.39 is 0 Å². The molecule has 3 N–H and O–H groups in total. The minimum atomic E-state index is 0.0166. The molecule has 0 aliphatic heterocycles. The van der Waals surface area contributed by atoms with Crippen molar-refractivity contribution in [3.05, 3.63) is 59.9 Å². The molecule has 0 radical (unpaired) electrons. The summed E-state index contributed by atoms with van der Waals surface area (Å²) in [6.45, 7) is 5.04. The molecule has 0 aliphatic carbocycles. The summed E-state index contributed by atoms with van der Waals surface area (Å²) >= 11 is 0. The Morgan fingerprint density at radius 1 is 1.06 bits per heavy atom. The van der Waals surface area contributed by atoms with E-state index in [4.69, 9.17) is 15.2 Å². The molecule has 0 bridgehead atoms. The Morgan fingerprint density at radius 2 is 1.87 bits per heavy atom. The zero-order valence-electron chi connectivity index (χ0n) is 17.5. The Morgan fingerprint density at radius 3 is 2.58 bits per heavy atom. The number of rotatable bonds is 9. The number of anilines is 3. The first-order valence-electron chi connectivity index (χ1n) is 9.98. The van der Waals surface area contributed by atoms with Gasteiger partial charge in [0.05, 0.1) is 18.8 Å². The molecule has 2 aromatic carbocycles. The first-order chi connectivity index (χ1) is 15.1. The van der Waals surface area contributed by atoms with E-state index in [1.807, 2.05) is 62.4 Å². The smallest absolute Gasteiger partial charge is 0.232 e. The first kappa shape index (κ1) is 21.6. The van der Waals surface area contributed by atoms with Crippen LogP contribution in [0.25, 0.3) is 11.6 Å². The van der Waals surface area contributed by atoms with Gasteiger partial charge in [-0.05, 0) is 49.2 Å². The van der Waals surface area contributed by atoms with Gasteiger partial charge < -0.3 is 20.5 Å². The summed E-state index contributed by atoms with van der Waals surface area (Å²) in [5, 5.41) is 12.8. The minimum absolute atomic E-state index is 0.0166. The summed E-state index contributed by atoms with van der Waals surface area (Å²) < 4.78 is 11.4. The van der Waals surface area contributed by atoms with E-state index in [2.05, 4.69) is 26.3 Å². The molecule has 31 heavy (non-hydrogen) atoms. The molecule has 1 heterocycles. The van der Waals surface area contributed by atoms with Gasteiger partial charge in [-0.3, -0.25) is 0 Å². The van der Waals surface area contributed by atoms with E-state index in [0.29, 0.717) is 24.7 Å². The summed E-state index contributed by atoms with van der Waals surface area (Å²) in [5.41, 5.74) is 7.65. The fraction of sp³-hybridized carbons (Fsp3) is 0.217. The zero-order valence-corrected chi connectivity index (χ0v) is 17.5. The van der Waals surface area contributed by atoms with Gasteiger partial charge in [0.25, 0.3) is 0 Å². The van der Waals surface area contributed by atoms with E-state index in [0.717, 1.165) is 17.7 Å². The molecule has 0 unspecified atom stereocenters.